The first-order valence-corrected chi connectivity index (χ1v) is 12.1. The molecular weight excluding hydrogens is 500 g/mol. The number of rotatable bonds is 17. The van der Waals surface area contributed by atoms with Gasteiger partial charge in [0.05, 0.1) is 12.5 Å². The highest BCUT2D eigenvalue weighted by Gasteiger charge is 2.30. The van der Waals surface area contributed by atoms with E-state index in [-0.39, 0.29) is 12.8 Å². The molecule has 0 saturated heterocycles. The maximum absolute atomic E-state index is 13.2. The first kappa shape index (κ1) is 32.0. The molecule has 14 heteroatoms. The average molecular weight is 537 g/mol. The van der Waals surface area contributed by atoms with Crippen LogP contribution in [0, 0.1) is 0 Å². The molecule has 0 aliphatic heterocycles. The van der Waals surface area contributed by atoms with Crippen LogP contribution in [0.5, 0.6) is 0 Å². The molecule has 4 amide bonds. The molecule has 0 bridgehead atoms. The largest absolute Gasteiger partial charge is 0.481 e. The molecule has 14 nitrogen and oxygen atoms in total. The van der Waals surface area contributed by atoms with E-state index >= 15 is 0 Å². The maximum atomic E-state index is 13.2. The Bertz CT molecular complexity index is 974. The smallest absolute Gasteiger partial charge is 0.322 e. The van der Waals surface area contributed by atoms with E-state index in [9.17, 15) is 28.8 Å². The number of carbonyl (C=O) groups excluding carboxylic acids is 4. The van der Waals surface area contributed by atoms with E-state index in [4.69, 9.17) is 21.7 Å². The van der Waals surface area contributed by atoms with Gasteiger partial charge in [-0.05, 0) is 38.3 Å². The number of unbranched alkanes of at least 4 members (excludes halogenated alkanes) is 1. The van der Waals surface area contributed by atoms with Gasteiger partial charge >= 0.3 is 11.9 Å². The highest BCUT2D eigenvalue weighted by atomic mass is 16.4. The van der Waals surface area contributed by atoms with Crippen LogP contribution in [0.1, 0.15) is 38.2 Å². The van der Waals surface area contributed by atoms with E-state index < -0.39 is 72.7 Å². The molecule has 10 N–H and O–H groups in total. The number of carbonyl (C=O) groups is 6. The number of amides is 4. The fourth-order valence-corrected chi connectivity index (χ4v) is 3.35. The Labute approximate surface area is 219 Å². The Morgan fingerprint density at radius 2 is 1.42 bits per heavy atom. The fraction of sp³-hybridized carbons (Fsp3) is 0.500. The Morgan fingerprint density at radius 1 is 0.816 bits per heavy atom. The molecule has 210 valence electrons. The molecule has 38 heavy (non-hydrogen) atoms. The Morgan fingerprint density at radius 3 is 2.00 bits per heavy atom. The predicted octanol–water partition coefficient (Wildman–Crippen LogP) is -2.16. The highest BCUT2D eigenvalue weighted by Crippen LogP contribution is 2.07. The van der Waals surface area contributed by atoms with E-state index in [0.717, 1.165) is 0 Å². The molecule has 0 aromatic heterocycles. The topological polar surface area (TPSA) is 243 Å². The SMILES string of the molecule is C[C@H](NC(=O)[C@H](CCCCN)NC(=O)[C@H](Cc1ccccc1)NC(=O)[C@@H](N)CC(=O)O)C(=O)NCC(=O)O. The molecule has 0 unspecified atom stereocenters. The number of nitrogens with two attached hydrogens (primary N) is 2. The van der Waals surface area contributed by atoms with Crippen LogP contribution in [0.3, 0.4) is 0 Å². The Balaban J connectivity index is 3.04. The fourth-order valence-electron chi connectivity index (χ4n) is 3.35. The summed E-state index contributed by atoms with van der Waals surface area (Å²) >= 11 is 0. The summed E-state index contributed by atoms with van der Waals surface area (Å²) in [5.41, 5.74) is 11.9. The number of nitrogens with one attached hydrogen (secondary N) is 4. The minimum Gasteiger partial charge on any atom is -0.481 e. The standard InChI is InChI=1S/C24H36N6O8/c1-14(21(35)27-13-20(33)34)28-23(37)17(9-5-6-10-25)29-24(38)18(11-15-7-3-2-4-8-15)30-22(36)16(26)12-19(31)32/h2-4,7-8,14,16-18H,5-6,9-13,25-26H2,1H3,(H,27,35)(H,28,37)(H,29,38)(H,30,36)(H,31,32)(H,33,34)/t14-,16-,17-,18-/m0/s1. The van der Waals surface area contributed by atoms with Crippen molar-refractivity contribution in [2.45, 2.75) is 63.2 Å². The molecule has 0 fully saturated rings. The van der Waals surface area contributed by atoms with Gasteiger partial charge in [0.15, 0.2) is 0 Å². The van der Waals surface area contributed by atoms with Crippen LogP contribution in [-0.2, 0) is 35.2 Å². The van der Waals surface area contributed by atoms with Crippen molar-refractivity contribution < 1.29 is 39.0 Å². The van der Waals surface area contributed by atoms with Crippen molar-refractivity contribution in [2.75, 3.05) is 13.1 Å². The lowest BCUT2D eigenvalue weighted by Crippen LogP contribution is -2.58. The minimum absolute atomic E-state index is 0.0311. The van der Waals surface area contributed by atoms with Crippen LogP contribution in [0.15, 0.2) is 30.3 Å². The number of aliphatic carboxylic acids is 2. The third-order valence-corrected chi connectivity index (χ3v) is 5.39. The predicted molar refractivity (Wildman–Crippen MR) is 135 cm³/mol. The zero-order valence-corrected chi connectivity index (χ0v) is 21.1. The van der Waals surface area contributed by atoms with Gasteiger partial charge < -0.3 is 42.9 Å². The number of hydrogen-bond donors (Lipinski definition) is 8. The third-order valence-electron chi connectivity index (χ3n) is 5.39. The normalized spacial score (nSPS) is 13.8. The van der Waals surface area contributed by atoms with Gasteiger partial charge in [0, 0.05) is 6.42 Å². The van der Waals surface area contributed by atoms with E-state index in [1.54, 1.807) is 30.3 Å². The van der Waals surface area contributed by atoms with Crippen molar-refractivity contribution in [2.24, 2.45) is 11.5 Å². The second-order valence-electron chi connectivity index (χ2n) is 8.64. The van der Waals surface area contributed by atoms with Crippen molar-refractivity contribution in [1.82, 2.24) is 21.3 Å². The highest BCUT2D eigenvalue weighted by molar-refractivity contribution is 5.95. The second kappa shape index (κ2) is 16.7. The minimum atomic E-state index is -1.40. The summed E-state index contributed by atoms with van der Waals surface area (Å²) in [6.45, 7) is 1.08. The molecule has 0 saturated carbocycles. The van der Waals surface area contributed by atoms with Gasteiger partial charge in [0.25, 0.3) is 0 Å². The van der Waals surface area contributed by atoms with Crippen LogP contribution in [0.25, 0.3) is 0 Å². The van der Waals surface area contributed by atoms with Crippen LogP contribution in [0.4, 0.5) is 0 Å². The number of benzene rings is 1. The molecule has 1 rings (SSSR count). The van der Waals surface area contributed by atoms with Gasteiger partial charge in [-0.1, -0.05) is 30.3 Å². The van der Waals surface area contributed by atoms with E-state index in [1.807, 2.05) is 0 Å². The van der Waals surface area contributed by atoms with Crippen molar-refractivity contribution in [1.29, 1.82) is 0 Å². The molecule has 0 aliphatic rings. The lowest BCUT2D eigenvalue weighted by Gasteiger charge is -2.25. The van der Waals surface area contributed by atoms with Crippen molar-refractivity contribution in [3.8, 4) is 0 Å². The lowest BCUT2D eigenvalue weighted by molar-refractivity contribution is -0.140. The van der Waals surface area contributed by atoms with E-state index in [0.29, 0.717) is 24.9 Å². The Hall–Kier alpha value is -4.04. The second-order valence-corrected chi connectivity index (χ2v) is 8.64. The van der Waals surface area contributed by atoms with Gasteiger partial charge in [-0.2, -0.15) is 0 Å². The lowest BCUT2D eigenvalue weighted by atomic mass is 10.0. The summed E-state index contributed by atoms with van der Waals surface area (Å²) in [4.78, 5) is 72.3. The summed E-state index contributed by atoms with van der Waals surface area (Å²) in [6.07, 6.45) is 0.583. The maximum Gasteiger partial charge on any atom is 0.322 e. The average Bonchev–Trinajstić information content (AvgIpc) is 2.86. The molecule has 1 aromatic carbocycles. The van der Waals surface area contributed by atoms with Gasteiger partial charge in [-0.25, -0.2) is 0 Å². The van der Waals surface area contributed by atoms with Crippen LogP contribution in [-0.4, -0.2) is 83.0 Å². The van der Waals surface area contributed by atoms with Gasteiger partial charge in [-0.3, -0.25) is 28.8 Å². The number of hydrogen-bond acceptors (Lipinski definition) is 8. The summed E-state index contributed by atoms with van der Waals surface area (Å²) < 4.78 is 0. The Kier molecular flexibility index (Phi) is 14.0. The van der Waals surface area contributed by atoms with E-state index in [2.05, 4.69) is 21.3 Å². The summed E-state index contributed by atoms with van der Waals surface area (Å²) in [5, 5.41) is 27.3. The van der Waals surface area contributed by atoms with Crippen molar-refractivity contribution in [3.05, 3.63) is 35.9 Å². The van der Waals surface area contributed by atoms with Crippen LogP contribution in [0.2, 0.25) is 0 Å². The first-order valence-electron chi connectivity index (χ1n) is 12.1. The summed E-state index contributed by atoms with van der Waals surface area (Å²) in [7, 11) is 0. The van der Waals surface area contributed by atoms with Crippen molar-refractivity contribution in [3.63, 3.8) is 0 Å². The van der Waals surface area contributed by atoms with Gasteiger partial charge in [0.1, 0.15) is 24.7 Å². The molecule has 4 atom stereocenters. The number of carboxylic acid groups (broad SMARTS) is 2. The zero-order chi connectivity index (χ0) is 28.7. The molecule has 0 spiro atoms. The van der Waals surface area contributed by atoms with Crippen LogP contribution < -0.4 is 32.7 Å². The van der Waals surface area contributed by atoms with E-state index in [1.165, 1.54) is 6.92 Å². The molecule has 0 radical (unpaired) electrons. The summed E-state index contributed by atoms with van der Waals surface area (Å²) in [5.74, 6) is -5.53. The molecule has 0 heterocycles. The quantitative estimate of drug-likeness (QED) is 0.100. The zero-order valence-electron chi connectivity index (χ0n) is 21.1. The first-order chi connectivity index (χ1) is 17.9. The molecule has 1 aromatic rings. The number of carboxylic acids is 2. The van der Waals surface area contributed by atoms with Gasteiger partial charge in [0.2, 0.25) is 23.6 Å². The molecular formula is C24H36N6O8. The van der Waals surface area contributed by atoms with Gasteiger partial charge in [-0.15, -0.1) is 0 Å². The monoisotopic (exact) mass is 536 g/mol. The summed E-state index contributed by atoms with van der Waals surface area (Å²) in [6, 6.07) is 3.92. The van der Waals surface area contributed by atoms with Crippen molar-refractivity contribution >= 4 is 35.6 Å². The van der Waals surface area contributed by atoms with Crippen LogP contribution >= 0.6 is 0 Å². The molecule has 0 aliphatic carbocycles. The third kappa shape index (κ3) is 12.3.